The first-order valence-electron chi connectivity index (χ1n) is 7.58. The number of benzene rings is 1. The van der Waals surface area contributed by atoms with E-state index in [1.165, 1.54) is 6.42 Å². The maximum absolute atomic E-state index is 12.0. The molecule has 0 fully saturated rings. The molecular formula is C17H28N2O. The zero-order valence-electron chi connectivity index (χ0n) is 13.1. The van der Waals surface area contributed by atoms with Crippen molar-refractivity contribution in [1.29, 1.82) is 0 Å². The van der Waals surface area contributed by atoms with Gasteiger partial charge in [0.25, 0.3) is 0 Å². The molecule has 1 rings (SSSR count). The maximum Gasteiger partial charge on any atom is 0.162 e. The van der Waals surface area contributed by atoms with E-state index in [-0.39, 0.29) is 5.78 Å². The third kappa shape index (κ3) is 6.83. The molecule has 0 aliphatic rings. The molecule has 0 heterocycles. The van der Waals surface area contributed by atoms with E-state index in [0.717, 1.165) is 38.2 Å². The third-order valence-electron chi connectivity index (χ3n) is 3.50. The van der Waals surface area contributed by atoms with Crippen LogP contribution >= 0.6 is 0 Å². The topological polar surface area (TPSA) is 23.6 Å². The summed E-state index contributed by atoms with van der Waals surface area (Å²) >= 11 is 0. The van der Waals surface area contributed by atoms with Gasteiger partial charge in [-0.1, -0.05) is 37.3 Å². The first-order valence-corrected chi connectivity index (χ1v) is 7.58. The largest absolute Gasteiger partial charge is 0.309 e. The number of nitrogens with zero attached hydrogens (tertiary/aromatic N) is 2. The molecule has 0 saturated heterocycles. The monoisotopic (exact) mass is 276 g/mol. The van der Waals surface area contributed by atoms with Crippen molar-refractivity contribution in [1.82, 2.24) is 9.80 Å². The van der Waals surface area contributed by atoms with E-state index in [0.29, 0.717) is 6.42 Å². The average molecular weight is 276 g/mol. The second-order valence-corrected chi connectivity index (χ2v) is 5.48. The normalized spacial score (nSPS) is 11.2. The SMILES string of the molecule is CCN(CCCC(=O)c1ccccc1)CCCN(C)C. The molecule has 1 aromatic rings. The van der Waals surface area contributed by atoms with Crippen LogP contribution in [0.2, 0.25) is 0 Å². The van der Waals surface area contributed by atoms with Crippen LogP contribution in [0.3, 0.4) is 0 Å². The van der Waals surface area contributed by atoms with Crippen molar-refractivity contribution in [3.8, 4) is 0 Å². The van der Waals surface area contributed by atoms with Gasteiger partial charge in [0.15, 0.2) is 5.78 Å². The fourth-order valence-electron chi connectivity index (χ4n) is 2.27. The van der Waals surface area contributed by atoms with Gasteiger partial charge in [0.05, 0.1) is 0 Å². The minimum Gasteiger partial charge on any atom is -0.309 e. The number of hydrogen-bond acceptors (Lipinski definition) is 3. The third-order valence-corrected chi connectivity index (χ3v) is 3.50. The standard InChI is InChI=1S/C17H28N2O/c1-4-19(15-9-13-18(2)3)14-8-12-17(20)16-10-6-5-7-11-16/h5-7,10-11H,4,8-9,12-15H2,1-3H3. The quantitative estimate of drug-likeness (QED) is 0.614. The zero-order valence-corrected chi connectivity index (χ0v) is 13.1. The van der Waals surface area contributed by atoms with Gasteiger partial charge in [-0.05, 0) is 53.1 Å². The van der Waals surface area contributed by atoms with E-state index in [4.69, 9.17) is 0 Å². The highest BCUT2D eigenvalue weighted by Gasteiger charge is 2.07. The molecule has 0 amide bonds. The van der Waals surface area contributed by atoms with Crippen molar-refractivity contribution in [3.05, 3.63) is 35.9 Å². The molecule has 0 N–H and O–H groups in total. The molecule has 20 heavy (non-hydrogen) atoms. The fraction of sp³-hybridized carbons (Fsp3) is 0.588. The minimum absolute atomic E-state index is 0.259. The van der Waals surface area contributed by atoms with E-state index in [1.807, 2.05) is 30.3 Å². The predicted octanol–water partition coefficient (Wildman–Crippen LogP) is 2.92. The van der Waals surface area contributed by atoms with Gasteiger partial charge >= 0.3 is 0 Å². The van der Waals surface area contributed by atoms with Crippen molar-refractivity contribution in [3.63, 3.8) is 0 Å². The van der Waals surface area contributed by atoms with E-state index >= 15 is 0 Å². The first-order chi connectivity index (χ1) is 9.63. The summed E-state index contributed by atoms with van der Waals surface area (Å²) < 4.78 is 0. The van der Waals surface area contributed by atoms with Crippen LogP contribution < -0.4 is 0 Å². The molecular weight excluding hydrogens is 248 g/mol. The van der Waals surface area contributed by atoms with Gasteiger partial charge in [-0.2, -0.15) is 0 Å². The Hall–Kier alpha value is -1.19. The molecule has 0 saturated carbocycles. The van der Waals surface area contributed by atoms with Crippen molar-refractivity contribution in [2.24, 2.45) is 0 Å². The van der Waals surface area contributed by atoms with Crippen molar-refractivity contribution < 1.29 is 4.79 Å². The van der Waals surface area contributed by atoms with E-state index in [1.54, 1.807) is 0 Å². The molecule has 1 aromatic carbocycles. The van der Waals surface area contributed by atoms with E-state index < -0.39 is 0 Å². The lowest BCUT2D eigenvalue weighted by Crippen LogP contribution is -2.28. The molecule has 0 aliphatic heterocycles. The van der Waals surface area contributed by atoms with Crippen LogP contribution in [0, 0.1) is 0 Å². The molecule has 112 valence electrons. The summed E-state index contributed by atoms with van der Waals surface area (Å²) in [4.78, 5) is 16.6. The molecule has 0 radical (unpaired) electrons. The molecule has 0 spiro atoms. The van der Waals surface area contributed by atoms with Crippen molar-refractivity contribution in [2.75, 3.05) is 40.3 Å². The highest BCUT2D eigenvalue weighted by atomic mass is 16.1. The number of Topliss-reactive ketones (excluding diaryl/α,β-unsaturated/α-hetero) is 1. The van der Waals surface area contributed by atoms with Crippen LogP contribution in [0.4, 0.5) is 0 Å². The molecule has 0 bridgehead atoms. The maximum atomic E-state index is 12.0. The Labute approximate surface area is 123 Å². The van der Waals surface area contributed by atoms with Crippen molar-refractivity contribution in [2.45, 2.75) is 26.2 Å². The van der Waals surface area contributed by atoms with Gasteiger partial charge in [0.1, 0.15) is 0 Å². The van der Waals surface area contributed by atoms with E-state index in [9.17, 15) is 4.79 Å². The Balaban J connectivity index is 2.22. The Bertz CT molecular complexity index is 376. The Morgan fingerprint density at radius 1 is 1.00 bits per heavy atom. The number of hydrogen-bond donors (Lipinski definition) is 0. The van der Waals surface area contributed by atoms with Gasteiger partial charge < -0.3 is 9.80 Å². The smallest absolute Gasteiger partial charge is 0.162 e. The second-order valence-electron chi connectivity index (χ2n) is 5.48. The van der Waals surface area contributed by atoms with Crippen LogP contribution in [-0.4, -0.2) is 55.9 Å². The highest BCUT2D eigenvalue weighted by molar-refractivity contribution is 5.95. The number of rotatable bonds is 10. The lowest BCUT2D eigenvalue weighted by molar-refractivity contribution is 0.0974. The molecule has 3 nitrogen and oxygen atoms in total. The summed E-state index contributed by atoms with van der Waals surface area (Å²) in [7, 11) is 4.21. The van der Waals surface area contributed by atoms with Gasteiger partial charge in [-0.3, -0.25) is 4.79 Å². The number of carbonyl (C=O) groups excluding carboxylic acids is 1. The lowest BCUT2D eigenvalue weighted by Gasteiger charge is -2.21. The lowest BCUT2D eigenvalue weighted by atomic mass is 10.1. The van der Waals surface area contributed by atoms with Gasteiger partial charge in [-0.15, -0.1) is 0 Å². The van der Waals surface area contributed by atoms with Crippen LogP contribution in [0.25, 0.3) is 0 Å². The summed E-state index contributed by atoms with van der Waals surface area (Å²) in [5.74, 6) is 0.259. The first kappa shape index (κ1) is 16.9. The minimum atomic E-state index is 0.259. The van der Waals surface area contributed by atoms with Crippen LogP contribution in [0.5, 0.6) is 0 Å². The van der Waals surface area contributed by atoms with Gasteiger partial charge in [0.2, 0.25) is 0 Å². The van der Waals surface area contributed by atoms with Gasteiger partial charge in [0, 0.05) is 12.0 Å². The summed E-state index contributed by atoms with van der Waals surface area (Å²) in [5, 5.41) is 0. The summed E-state index contributed by atoms with van der Waals surface area (Å²) in [6.07, 6.45) is 2.78. The van der Waals surface area contributed by atoms with Crippen LogP contribution in [0.1, 0.15) is 36.5 Å². The van der Waals surface area contributed by atoms with Crippen LogP contribution in [0.15, 0.2) is 30.3 Å². The molecule has 0 aromatic heterocycles. The number of carbonyl (C=O) groups is 1. The number of ketones is 1. The Morgan fingerprint density at radius 3 is 2.25 bits per heavy atom. The highest BCUT2D eigenvalue weighted by Crippen LogP contribution is 2.06. The predicted molar refractivity (Wildman–Crippen MR) is 85.3 cm³/mol. The second kappa shape index (κ2) is 9.67. The zero-order chi connectivity index (χ0) is 14.8. The fourth-order valence-corrected chi connectivity index (χ4v) is 2.27. The molecule has 0 unspecified atom stereocenters. The van der Waals surface area contributed by atoms with Crippen LogP contribution in [-0.2, 0) is 0 Å². The Morgan fingerprint density at radius 2 is 1.65 bits per heavy atom. The average Bonchev–Trinajstić information content (AvgIpc) is 2.46. The summed E-state index contributed by atoms with van der Waals surface area (Å²) in [6.45, 7) is 6.51. The Kier molecular flexibility index (Phi) is 8.16. The van der Waals surface area contributed by atoms with Crippen molar-refractivity contribution >= 4 is 5.78 Å². The van der Waals surface area contributed by atoms with E-state index in [2.05, 4.69) is 30.8 Å². The molecule has 0 atom stereocenters. The summed E-state index contributed by atoms with van der Waals surface area (Å²) in [6, 6.07) is 9.59. The summed E-state index contributed by atoms with van der Waals surface area (Å²) in [5.41, 5.74) is 0.836. The van der Waals surface area contributed by atoms with Gasteiger partial charge in [-0.25, -0.2) is 0 Å². The molecule has 0 aliphatic carbocycles. The molecule has 3 heteroatoms.